The molecule has 0 aliphatic heterocycles. The van der Waals surface area contributed by atoms with Gasteiger partial charge in [-0.2, -0.15) is 0 Å². The number of benzene rings is 3. The van der Waals surface area contributed by atoms with E-state index in [4.69, 9.17) is 0 Å². The Morgan fingerprint density at radius 2 is 1.78 bits per heavy atom. The molecule has 0 aliphatic carbocycles. The van der Waals surface area contributed by atoms with Crippen LogP contribution in [0, 0.1) is 11.8 Å². The van der Waals surface area contributed by atoms with Gasteiger partial charge in [0.1, 0.15) is 5.75 Å². The molecule has 27 heavy (non-hydrogen) atoms. The van der Waals surface area contributed by atoms with E-state index < -0.39 is 0 Å². The highest BCUT2D eigenvalue weighted by Crippen LogP contribution is 2.27. The Morgan fingerprint density at radius 1 is 1.00 bits per heavy atom. The van der Waals surface area contributed by atoms with Gasteiger partial charge < -0.3 is 9.84 Å². The fraction of sp³-hybridized carbons (Fsp3) is 0.0417. The highest BCUT2D eigenvalue weighted by molar-refractivity contribution is 5.89. The van der Waals surface area contributed by atoms with Crippen molar-refractivity contribution in [3.05, 3.63) is 95.6 Å². The zero-order valence-electron chi connectivity index (χ0n) is 14.8. The Hall–Kier alpha value is -3.77. The lowest BCUT2D eigenvalue weighted by Crippen LogP contribution is -2.00. The zero-order chi connectivity index (χ0) is 19.1. The molecule has 0 aromatic heterocycles. The minimum atomic E-state index is -0.363. The van der Waals surface area contributed by atoms with Crippen LogP contribution in [0.25, 0.3) is 17.2 Å². The molecule has 0 aliphatic rings. The molecule has 3 nitrogen and oxygen atoms in total. The average molecular weight is 354 g/mol. The number of esters is 1. The van der Waals surface area contributed by atoms with Crippen molar-refractivity contribution in [3.8, 4) is 28.7 Å². The Kier molecular flexibility index (Phi) is 5.71. The summed E-state index contributed by atoms with van der Waals surface area (Å²) < 4.78 is 4.68. The monoisotopic (exact) mass is 354 g/mol. The fourth-order valence-electron chi connectivity index (χ4n) is 2.64. The minimum Gasteiger partial charge on any atom is -0.508 e. The summed E-state index contributed by atoms with van der Waals surface area (Å²) in [5.74, 6) is 5.92. The van der Waals surface area contributed by atoms with Gasteiger partial charge in [-0.25, -0.2) is 4.79 Å². The van der Waals surface area contributed by atoms with Gasteiger partial charge in [0.05, 0.1) is 12.7 Å². The van der Waals surface area contributed by atoms with E-state index in [0.717, 1.165) is 22.3 Å². The Labute approximate surface area is 158 Å². The summed E-state index contributed by atoms with van der Waals surface area (Å²) in [4.78, 5) is 11.4. The molecule has 0 bridgehead atoms. The molecular weight excluding hydrogens is 336 g/mol. The van der Waals surface area contributed by atoms with E-state index in [9.17, 15) is 9.90 Å². The molecular formula is C24H18O3. The van der Waals surface area contributed by atoms with Gasteiger partial charge in [0.25, 0.3) is 0 Å². The summed E-state index contributed by atoms with van der Waals surface area (Å²) in [5.41, 5.74) is 4.29. The lowest BCUT2D eigenvalue weighted by atomic mass is 9.99. The molecule has 0 fully saturated rings. The number of methoxy groups -OCH3 is 1. The maximum Gasteiger partial charge on any atom is 0.337 e. The molecule has 3 heteroatoms. The first kappa shape index (κ1) is 18.0. The van der Waals surface area contributed by atoms with Crippen LogP contribution in [0.3, 0.4) is 0 Å². The van der Waals surface area contributed by atoms with Crippen molar-refractivity contribution in [2.75, 3.05) is 7.11 Å². The maximum absolute atomic E-state index is 11.4. The third-order valence-electron chi connectivity index (χ3n) is 3.99. The molecule has 3 rings (SSSR count). The van der Waals surface area contributed by atoms with Crippen molar-refractivity contribution in [1.82, 2.24) is 0 Å². The van der Waals surface area contributed by atoms with Crippen molar-refractivity contribution < 1.29 is 14.6 Å². The summed E-state index contributed by atoms with van der Waals surface area (Å²) in [5, 5.41) is 9.71. The molecule has 1 N–H and O–H groups in total. The van der Waals surface area contributed by atoms with Crippen molar-refractivity contribution in [2.45, 2.75) is 0 Å². The van der Waals surface area contributed by atoms with E-state index in [1.54, 1.807) is 42.5 Å². The van der Waals surface area contributed by atoms with Crippen molar-refractivity contribution in [3.63, 3.8) is 0 Å². The number of ether oxygens (including phenoxy) is 1. The van der Waals surface area contributed by atoms with E-state index >= 15 is 0 Å². The van der Waals surface area contributed by atoms with Crippen LogP contribution in [-0.2, 0) is 4.74 Å². The molecule has 0 atom stereocenters. The van der Waals surface area contributed by atoms with E-state index in [1.165, 1.54) is 7.11 Å². The van der Waals surface area contributed by atoms with E-state index in [0.29, 0.717) is 5.56 Å². The Balaban J connectivity index is 1.78. The Morgan fingerprint density at radius 3 is 2.52 bits per heavy atom. The van der Waals surface area contributed by atoms with Gasteiger partial charge in [-0.1, -0.05) is 48.2 Å². The van der Waals surface area contributed by atoms with E-state index in [1.807, 2.05) is 42.5 Å². The first-order valence-corrected chi connectivity index (χ1v) is 8.42. The van der Waals surface area contributed by atoms with Gasteiger partial charge >= 0.3 is 5.97 Å². The molecule has 0 radical (unpaired) electrons. The number of phenols is 1. The first-order valence-electron chi connectivity index (χ1n) is 8.42. The van der Waals surface area contributed by atoms with Crippen molar-refractivity contribution >= 4 is 12.0 Å². The highest BCUT2D eigenvalue weighted by atomic mass is 16.5. The van der Waals surface area contributed by atoms with E-state index in [2.05, 4.69) is 16.6 Å². The quantitative estimate of drug-likeness (QED) is 0.537. The average Bonchev–Trinajstić information content (AvgIpc) is 2.71. The van der Waals surface area contributed by atoms with Crippen LogP contribution < -0.4 is 0 Å². The summed E-state index contributed by atoms with van der Waals surface area (Å²) >= 11 is 0. The molecule has 3 aromatic carbocycles. The zero-order valence-corrected chi connectivity index (χ0v) is 14.8. The number of aromatic hydroxyl groups is 1. The number of phenolic OH excluding ortho intramolecular Hbond substituents is 1. The number of allylic oxidation sites excluding steroid dienone is 1. The van der Waals surface area contributed by atoms with Crippen molar-refractivity contribution in [1.29, 1.82) is 0 Å². The Bertz CT molecular complexity index is 1030. The van der Waals surface area contributed by atoms with Gasteiger partial charge in [0, 0.05) is 5.56 Å². The number of carbonyl (C=O) groups excluding carboxylic acids is 1. The van der Waals surface area contributed by atoms with E-state index in [-0.39, 0.29) is 11.7 Å². The fourth-order valence-corrected chi connectivity index (χ4v) is 2.64. The summed E-state index contributed by atoms with van der Waals surface area (Å²) in [6.45, 7) is 0. The lowest BCUT2D eigenvalue weighted by molar-refractivity contribution is 0.0600. The van der Waals surface area contributed by atoms with Crippen LogP contribution >= 0.6 is 0 Å². The summed E-state index contributed by atoms with van der Waals surface area (Å²) in [6.07, 6.45) is 3.73. The predicted molar refractivity (Wildman–Crippen MR) is 107 cm³/mol. The second-order valence-electron chi connectivity index (χ2n) is 5.81. The number of hydrogen-bond acceptors (Lipinski definition) is 3. The third kappa shape index (κ3) is 4.65. The lowest BCUT2D eigenvalue weighted by Gasteiger charge is -2.06. The SMILES string of the molecule is COC(=O)c1ccc(C#C/C=C/c2ccccc2-c2cccc(O)c2)cc1. The molecule has 0 saturated carbocycles. The molecule has 132 valence electrons. The topological polar surface area (TPSA) is 46.5 Å². The number of rotatable bonds is 3. The predicted octanol–water partition coefficient (Wildman–Crippen LogP) is 4.91. The van der Waals surface area contributed by atoms with Crippen LogP contribution in [0.2, 0.25) is 0 Å². The largest absolute Gasteiger partial charge is 0.508 e. The second-order valence-corrected chi connectivity index (χ2v) is 5.81. The molecule has 0 spiro atoms. The molecule has 0 unspecified atom stereocenters. The van der Waals surface area contributed by atoms with Gasteiger partial charge in [-0.05, 0) is 65.2 Å². The normalized spacial score (nSPS) is 10.3. The van der Waals surface area contributed by atoms with Crippen molar-refractivity contribution in [2.24, 2.45) is 0 Å². The summed E-state index contributed by atoms with van der Waals surface area (Å²) in [6, 6.07) is 22.1. The van der Waals surface area contributed by atoms with Gasteiger partial charge in [0.15, 0.2) is 0 Å². The van der Waals surface area contributed by atoms with Crippen LogP contribution in [0.15, 0.2) is 78.9 Å². The highest BCUT2D eigenvalue weighted by Gasteiger charge is 2.03. The molecule has 0 heterocycles. The van der Waals surface area contributed by atoms with Crippen LogP contribution in [-0.4, -0.2) is 18.2 Å². The molecule has 3 aromatic rings. The second kappa shape index (κ2) is 8.55. The third-order valence-corrected chi connectivity index (χ3v) is 3.99. The standard InChI is InChI=1S/C24H18O3/c1-27-24(26)20-15-13-18(14-16-20)7-2-3-8-19-9-4-5-12-23(19)21-10-6-11-22(25)17-21/h3-6,8-17,25H,1H3/b8-3+. The summed E-state index contributed by atoms with van der Waals surface area (Å²) in [7, 11) is 1.36. The smallest absolute Gasteiger partial charge is 0.337 e. The minimum absolute atomic E-state index is 0.237. The van der Waals surface area contributed by atoms with Gasteiger partial charge in [-0.3, -0.25) is 0 Å². The maximum atomic E-state index is 11.4. The van der Waals surface area contributed by atoms with Crippen LogP contribution in [0.5, 0.6) is 5.75 Å². The van der Waals surface area contributed by atoms with Crippen LogP contribution in [0.4, 0.5) is 0 Å². The molecule has 0 amide bonds. The van der Waals surface area contributed by atoms with Crippen LogP contribution in [0.1, 0.15) is 21.5 Å². The number of carbonyl (C=O) groups is 1. The number of hydrogen-bond donors (Lipinski definition) is 1. The van der Waals surface area contributed by atoms with Gasteiger partial charge in [-0.15, -0.1) is 0 Å². The first-order chi connectivity index (χ1) is 13.2. The molecule has 0 saturated heterocycles. The van der Waals surface area contributed by atoms with Gasteiger partial charge in [0.2, 0.25) is 0 Å².